The van der Waals surface area contributed by atoms with Gasteiger partial charge in [0.1, 0.15) is 5.75 Å². The molecule has 1 unspecified atom stereocenters. The Kier molecular flexibility index (Phi) is 11.6. The number of para-hydroxylation sites is 1. The molecule has 2 rings (SSSR count). The van der Waals surface area contributed by atoms with Crippen LogP contribution in [0, 0.1) is 0 Å². The van der Waals surface area contributed by atoms with E-state index in [1.807, 2.05) is 24.3 Å². The fourth-order valence-electron chi connectivity index (χ4n) is 2.62. The van der Waals surface area contributed by atoms with Crippen molar-refractivity contribution in [1.82, 2.24) is 10.6 Å². The quantitative estimate of drug-likeness (QED) is 0.255. The van der Waals surface area contributed by atoms with Gasteiger partial charge < -0.3 is 24.8 Å². The summed E-state index contributed by atoms with van der Waals surface area (Å²) >= 11 is 0. The Morgan fingerprint density at radius 3 is 2.88 bits per heavy atom. The summed E-state index contributed by atoms with van der Waals surface area (Å²) in [6.07, 6.45) is 3.51. The lowest BCUT2D eigenvalue weighted by molar-refractivity contribution is 0.0168. The summed E-state index contributed by atoms with van der Waals surface area (Å²) < 4.78 is 16.5. The Bertz CT molecular complexity index is 508. The van der Waals surface area contributed by atoms with Crippen LogP contribution in [0.1, 0.15) is 24.8 Å². The minimum Gasteiger partial charge on any atom is -0.496 e. The van der Waals surface area contributed by atoms with Crippen molar-refractivity contribution in [2.24, 2.45) is 4.99 Å². The summed E-state index contributed by atoms with van der Waals surface area (Å²) in [5.41, 5.74) is 1.10. The minimum atomic E-state index is 0. The summed E-state index contributed by atoms with van der Waals surface area (Å²) in [6.45, 7) is 3.80. The van der Waals surface area contributed by atoms with E-state index in [1.54, 1.807) is 14.2 Å². The summed E-state index contributed by atoms with van der Waals surface area (Å²) in [4.78, 5) is 4.23. The van der Waals surface area contributed by atoms with Crippen molar-refractivity contribution in [3.8, 4) is 5.75 Å². The Balaban J connectivity index is 0.00000312. The van der Waals surface area contributed by atoms with Gasteiger partial charge in [0.2, 0.25) is 0 Å². The van der Waals surface area contributed by atoms with E-state index in [1.165, 1.54) is 0 Å². The van der Waals surface area contributed by atoms with E-state index in [4.69, 9.17) is 14.2 Å². The Hall–Kier alpha value is -1.06. The second kappa shape index (κ2) is 13.2. The van der Waals surface area contributed by atoms with E-state index < -0.39 is 0 Å². The predicted molar refractivity (Wildman–Crippen MR) is 111 cm³/mol. The number of hydrogen-bond donors (Lipinski definition) is 2. The fraction of sp³-hybridized carbons (Fsp3) is 0.611. The summed E-state index contributed by atoms with van der Waals surface area (Å²) in [5, 5.41) is 6.59. The average molecular weight is 463 g/mol. The number of rotatable bonds is 9. The van der Waals surface area contributed by atoms with Crippen molar-refractivity contribution in [1.29, 1.82) is 0 Å². The van der Waals surface area contributed by atoms with Crippen LogP contribution in [0.2, 0.25) is 0 Å². The van der Waals surface area contributed by atoms with Crippen LogP contribution in [0.4, 0.5) is 0 Å². The third-order valence-corrected chi connectivity index (χ3v) is 3.95. The molecule has 2 N–H and O–H groups in total. The number of nitrogens with zero attached hydrogens (tertiary/aromatic N) is 1. The van der Waals surface area contributed by atoms with E-state index >= 15 is 0 Å². The maximum Gasteiger partial charge on any atom is 0.191 e. The van der Waals surface area contributed by atoms with Gasteiger partial charge in [-0.05, 0) is 25.3 Å². The molecule has 1 heterocycles. The van der Waals surface area contributed by atoms with E-state index in [0.717, 1.165) is 56.3 Å². The molecular formula is C18H30IN3O3. The highest BCUT2D eigenvalue weighted by Gasteiger charge is 2.14. The van der Waals surface area contributed by atoms with Crippen LogP contribution in [0.3, 0.4) is 0 Å². The number of nitrogens with one attached hydrogen (secondary N) is 2. The Morgan fingerprint density at radius 2 is 2.16 bits per heavy atom. The van der Waals surface area contributed by atoms with Gasteiger partial charge in [-0.25, -0.2) is 0 Å². The molecule has 1 aliphatic heterocycles. The molecule has 1 aromatic rings. The predicted octanol–water partition coefficient (Wildman–Crippen LogP) is 2.56. The first kappa shape index (κ1) is 22.0. The van der Waals surface area contributed by atoms with Gasteiger partial charge in [0.05, 0.1) is 19.8 Å². The standard InChI is InChI=1S/C18H29N3O3.HI/c1-19-18(21-13-15-7-3-4-9-17(15)22-2)20-10-6-11-23-14-16-8-5-12-24-16;/h3-4,7,9,16H,5-6,8,10-14H2,1-2H3,(H2,19,20,21);1H. The molecule has 0 saturated carbocycles. The summed E-state index contributed by atoms with van der Waals surface area (Å²) in [5.74, 6) is 1.66. The molecule has 0 aliphatic carbocycles. The number of aliphatic imine (C=N–C) groups is 1. The maximum atomic E-state index is 5.65. The normalized spacial score (nSPS) is 17.0. The molecule has 1 aliphatic rings. The summed E-state index contributed by atoms with van der Waals surface area (Å²) in [6, 6.07) is 7.96. The van der Waals surface area contributed by atoms with Gasteiger partial charge in [-0.1, -0.05) is 18.2 Å². The molecule has 0 radical (unpaired) electrons. The first-order valence-corrected chi connectivity index (χ1v) is 8.59. The number of methoxy groups -OCH3 is 1. The zero-order chi connectivity index (χ0) is 17.0. The zero-order valence-corrected chi connectivity index (χ0v) is 17.5. The molecule has 0 spiro atoms. The van der Waals surface area contributed by atoms with E-state index in [2.05, 4.69) is 15.6 Å². The second-order valence-electron chi connectivity index (χ2n) is 5.73. The van der Waals surface area contributed by atoms with E-state index in [-0.39, 0.29) is 24.0 Å². The molecule has 0 amide bonds. The van der Waals surface area contributed by atoms with Crippen LogP contribution >= 0.6 is 24.0 Å². The first-order valence-electron chi connectivity index (χ1n) is 8.59. The smallest absolute Gasteiger partial charge is 0.191 e. The molecule has 7 heteroatoms. The lowest BCUT2D eigenvalue weighted by Gasteiger charge is -2.14. The Morgan fingerprint density at radius 1 is 1.32 bits per heavy atom. The van der Waals surface area contributed by atoms with Crippen molar-refractivity contribution in [2.75, 3.05) is 40.5 Å². The monoisotopic (exact) mass is 463 g/mol. The van der Waals surface area contributed by atoms with Crippen LogP contribution in [-0.4, -0.2) is 52.6 Å². The molecule has 142 valence electrons. The second-order valence-corrected chi connectivity index (χ2v) is 5.73. The molecule has 25 heavy (non-hydrogen) atoms. The third kappa shape index (κ3) is 8.24. The van der Waals surface area contributed by atoms with Crippen molar-refractivity contribution < 1.29 is 14.2 Å². The largest absolute Gasteiger partial charge is 0.496 e. The highest BCUT2D eigenvalue weighted by molar-refractivity contribution is 14.0. The number of ether oxygens (including phenoxy) is 3. The van der Waals surface area contributed by atoms with Crippen LogP contribution in [0.25, 0.3) is 0 Å². The Labute approximate surface area is 167 Å². The fourth-order valence-corrected chi connectivity index (χ4v) is 2.62. The SMILES string of the molecule is CN=C(NCCCOCC1CCCO1)NCc1ccccc1OC.I. The van der Waals surface area contributed by atoms with Crippen LogP contribution < -0.4 is 15.4 Å². The van der Waals surface area contributed by atoms with Gasteiger partial charge in [-0.3, -0.25) is 4.99 Å². The highest BCUT2D eigenvalue weighted by Crippen LogP contribution is 2.16. The molecule has 6 nitrogen and oxygen atoms in total. The van der Waals surface area contributed by atoms with Crippen molar-refractivity contribution in [3.63, 3.8) is 0 Å². The van der Waals surface area contributed by atoms with Crippen LogP contribution in [0.5, 0.6) is 5.75 Å². The maximum absolute atomic E-state index is 5.65. The number of guanidine groups is 1. The topological polar surface area (TPSA) is 64.1 Å². The van der Waals surface area contributed by atoms with Crippen molar-refractivity contribution in [2.45, 2.75) is 31.9 Å². The van der Waals surface area contributed by atoms with Gasteiger partial charge in [0.15, 0.2) is 5.96 Å². The number of benzene rings is 1. The van der Waals surface area contributed by atoms with E-state index in [0.29, 0.717) is 19.3 Å². The number of halogens is 1. The van der Waals surface area contributed by atoms with Gasteiger partial charge in [-0.15, -0.1) is 24.0 Å². The lowest BCUT2D eigenvalue weighted by Crippen LogP contribution is -2.37. The average Bonchev–Trinajstić information content (AvgIpc) is 3.14. The van der Waals surface area contributed by atoms with E-state index in [9.17, 15) is 0 Å². The van der Waals surface area contributed by atoms with Crippen molar-refractivity contribution >= 4 is 29.9 Å². The molecule has 1 fully saturated rings. The molecule has 1 atom stereocenters. The molecule has 1 aromatic carbocycles. The summed E-state index contributed by atoms with van der Waals surface area (Å²) in [7, 11) is 3.45. The van der Waals surface area contributed by atoms with Crippen LogP contribution in [-0.2, 0) is 16.0 Å². The minimum absolute atomic E-state index is 0. The molecular weight excluding hydrogens is 433 g/mol. The van der Waals surface area contributed by atoms with Crippen LogP contribution in [0.15, 0.2) is 29.3 Å². The third-order valence-electron chi connectivity index (χ3n) is 3.95. The van der Waals surface area contributed by atoms with Gasteiger partial charge in [0, 0.05) is 38.9 Å². The van der Waals surface area contributed by atoms with Crippen molar-refractivity contribution in [3.05, 3.63) is 29.8 Å². The first-order chi connectivity index (χ1) is 11.8. The lowest BCUT2D eigenvalue weighted by atomic mass is 10.2. The van der Waals surface area contributed by atoms with Gasteiger partial charge in [-0.2, -0.15) is 0 Å². The number of hydrogen-bond acceptors (Lipinski definition) is 4. The molecule has 0 bridgehead atoms. The molecule has 1 saturated heterocycles. The zero-order valence-electron chi connectivity index (χ0n) is 15.1. The van der Waals surface area contributed by atoms with Gasteiger partial charge >= 0.3 is 0 Å². The van der Waals surface area contributed by atoms with Gasteiger partial charge in [0.25, 0.3) is 0 Å². The highest BCUT2D eigenvalue weighted by atomic mass is 127. The molecule has 0 aromatic heterocycles.